The van der Waals surface area contributed by atoms with Crippen LogP contribution in [0.4, 0.5) is 13.6 Å². The quantitative estimate of drug-likeness (QED) is 0.805. The Morgan fingerprint density at radius 2 is 1.78 bits per heavy atom. The summed E-state index contributed by atoms with van der Waals surface area (Å²) >= 11 is 0. The summed E-state index contributed by atoms with van der Waals surface area (Å²) in [4.78, 5) is 11.2. The average molecular weight is 375 g/mol. The summed E-state index contributed by atoms with van der Waals surface area (Å²) in [7, 11) is 0. The van der Waals surface area contributed by atoms with Gasteiger partial charge in [0.25, 0.3) is 0 Å². The first-order valence-electron chi connectivity index (χ1n) is 8.83. The topological polar surface area (TPSA) is 61.6 Å². The number of nitrogens with two attached hydrogens (primary N) is 1. The van der Waals surface area contributed by atoms with E-state index in [2.05, 4.69) is 0 Å². The second-order valence-electron chi connectivity index (χ2n) is 7.83. The maximum atomic E-state index is 14.3. The van der Waals surface area contributed by atoms with E-state index in [4.69, 9.17) is 15.2 Å². The largest absolute Gasteiger partial charge is 0.485 e. The van der Waals surface area contributed by atoms with E-state index in [1.54, 1.807) is 19.9 Å². The Bertz CT molecular complexity index is 870. The maximum absolute atomic E-state index is 14.3. The van der Waals surface area contributed by atoms with Gasteiger partial charge in [0.15, 0.2) is 17.4 Å². The number of benzene rings is 2. The maximum Gasteiger partial charge on any atom is 0.405 e. The van der Waals surface area contributed by atoms with Crippen LogP contribution in [0.1, 0.15) is 44.9 Å². The monoisotopic (exact) mass is 375 g/mol. The predicted molar refractivity (Wildman–Crippen MR) is 98.5 cm³/mol. The molecule has 0 unspecified atom stereocenters. The summed E-state index contributed by atoms with van der Waals surface area (Å²) in [6.07, 6.45) is -0.943. The molecule has 0 bridgehead atoms. The molecule has 0 aliphatic heterocycles. The van der Waals surface area contributed by atoms with Crippen LogP contribution in [-0.2, 0) is 11.2 Å². The first kappa shape index (κ1) is 19.1. The van der Waals surface area contributed by atoms with E-state index in [0.717, 1.165) is 11.1 Å². The lowest BCUT2D eigenvalue weighted by Gasteiger charge is -2.26. The number of carbonyl (C=O) groups is 1. The number of halogens is 2. The SMILES string of the molecule is CC(C)Oc1c(F)cc(-c2ccc3c(c2)CC(C)(C)[C@H]3OC(N)=O)cc1F. The van der Waals surface area contributed by atoms with Crippen LogP contribution in [0.3, 0.4) is 0 Å². The van der Waals surface area contributed by atoms with Crippen LogP contribution in [0.15, 0.2) is 30.3 Å². The zero-order valence-corrected chi connectivity index (χ0v) is 15.8. The van der Waals surface area contributed by atoms with Gasteiger partial charge in [0, 0.05) is 5.41 Å². The van der Waals surface area contributed by atoms with Crippen molar-refractivity contribution < 1.29 is 23.0 Å². The lowest BCUT2D eigenvalue weighted by Crippen LogP contribution is -2.25. The van der Waals surface area contributed by atoms with Crippen LogP contribution in [0.25, 0.3) is 11.1 Å². The van der Waals surface area contributed by atoms with Gasteiger partial charge in [0.05, 0.1) is 6.10 Å². The van der Waals surface area contributed by atoms with Gasteiger partial charge in [0.1, 0.15) is 6.10 Å². The van der Waals surface area contributed by atoms with Crippen LogP contribution in [0, 0.1) is 17.0 Å². The van der Waals surface area contributed by atoms with E-state index in [-0.39, 0.29) is 17.3 Å². The van der Waals surface area contributed by atoms with E-state index < -0.39 is 23.8 Å². The van der Waals surface area contributed by atoms with Crippen molar-refractivity contribution in [1.82, 2.24) is 0 Å². The molecule has 0 heterocycles. The Balaban J connectivity index is 1.98. The fourth-order valence-corrected chi connectivity index (χ4v) is 3.61. The number of primary amides is 1. The van der Waals surface area contributed by atoms with Gasteiger partial charge < -0.3 is 15.2 Å². The smallest absolute Gasteiger partial charge is 0.405 e. The lowest BCUT2D eigenvalue weighted by molar-refractivity contribution is 0.0392. The molecule has 0 saturated heterocycles. The first-order valence-corrected chi connectivity index (χ1v) is 8.83. The van der Waals surface area contributed by atoms with Crippen molar-refractivity contribution in [3.8, 4) is 16.9 Å². The van der Waals surface area contributed by atoms with Gasteiger partial charge in [-0.25, -0.2) is 13.6 Å². The van der Waals surface area contributed by atoms with Gasteiger partial charge in [-0.2, -0.15) is 0 Å². The van der Waals surface area contributed by atoms with Gasteiger partial charge in [-0.3, -0.25) is 0 Å². The summed E-state index contributed by atoms with van der Waals surface area (Å²) in [6.45, 7) is 7.38. The van der Waals surface area contributed by atoms with E-state index in [9.17, 15) is 13.6 Å². The normalized spacial score (nSPS) is 17.7. The third-order valence-electron chi connectivity index (χ3n) is 4.70. The molecule has 1 atom stereocenters. The standard InChI is InChI=1S/C21H23F2NO3/c1-11(2)26-18-16(22)8-13(9-17(18)23)12-5-6-15-14(7-12)10-21(3,4)19(15)27-20(24)25/h5-9,11,19H,10H2,1-4H3,(H2,24,25)/t19-/m0/s1. The molecule has 3 rings (SSSR count). The van der Waals surface area contributed by atoms with Gasteiger partial charge in [-0.15, -0.1) is 0 Å². The van der Waals surface area contributed by atoms with E-state index in [1.165, 1.54) is 12.1 Å². The Labute approximate surface area is 157 Å². The molecule has 2 aromatic rings. The average Bonchev–Trinajstić information content (AvgIpc) is 2.79. The highest BCUT2D eigenvalue weighted by atomic mass is 19.1. The van der Waals surface area contributed by atoms with Crippen LogP contribution < -0.4 is 10.5 Å². The first-order chi connectivity index (χ1) is 12.6. The number of rotatable bonds is 4. The van der Waals surface area contributed by atoms with Gasteiger partial charge in [-0.05, 0) is 54.7 Å². The number of hydrogen-bond donors (Lipinski definition) is 1. The zero-order valence-electron chi connectivity index (χ0n) is 15.8. The van der Waals surface area contributed by atoms with Crippen molar-refractivity contribution in [2.45, 2.75) is 46.3 Å². The number of hydrogen-bond acceptors (Lipinski definition) is 3. The van der Waals surface area contributed by atoms with Crippen molar-refractivity contribution in [3.63, 3.8) is 0 Å². The second kappa shape index (κ2) is 6.83. The van der Waals surface area contributed by atoms with Crippen LogP contribution in [-0.4, -0.2) is 12.2 Å². The molecule has 6 heteroatoms. The zero-order chi connectivity index (χ0) is 19.9. The van der Waals surface area contributed by atoms with Gasteiger partial charge >= 0.3 is 6.09 Å². The third kappa shape index (κ3) is 3.75. The number of carbonyl (C=O) groups excluding carboxylic acids is 1. The molecule has 0 spiro atoms. The molecule has 0 saturated carbocycles. The van der Waals surface area contributed by atoms with E-state index in [0.29, 0.717) is 17.5 Å². The Kier molecular flexibility index (Phi) is 4.84. The number of ether oxygens (including phenoxy) is 2. The fraction of sp³-hybridized carbons (Fsp3) is 0.381. The molecule has 0 fully saturated rings. The van der Waals surface area contributed by atoms with Gasteiger partial charge in [0.2, 0.25) is 0 Å². The number of fused-ring (bicyclic) bond motifs is 1. The minimum Gasteiger partial charge on any atom is -0.485 e. The van der Waals surface area contributed by atoms with E-state index in [1.807, 2.05) is 26.0 Å². The molecule has 0 radical (unpaired) electrons. The molecule has 144 valence electrons. The van der Waals surface area contributed by atoms with Crippen LogP contribution in [0.5, 0.6) is 5.75 Å². The molecule has 4 nitrogen and oxygen atoms in total. The predicted octanol–water partition coefficient (Wildman–Crippen LogP) is 5.14. The molecule has 1 aliphatic carbocycles. The van der Waals surface area contributed by atoms with Crippen molar-refractivity contribution in [1.29, 1.82) is 0 Å². The number of amides is 1. The molecule has 2 N–H and O–H groups in total. The molecular formula is C21H23F2NO3. The summed E-state index contributed by atoms with van der Waals surface area (Å²) < 4.78 is 39.1. The van der Waals surface area contributed by atoms with Crippen molar-refractivity contribution in [2.75, 3.05) is 0 Å². The third-order valence-corrected chi connectivity index (χ3v) is 4.70. The summed E-state index contributed by atoms with van der Waals surface area (Å²) in [5, 5.41) is 0. The molecular weight excluding hydrogens is 352 g/mol. The van der Waals surface area contributed by atoms with Crippen molar-refractivity contribution in [3.05, 3.63) is 53.1 Å². The summed E-state index contributed by atoms with van der Waals surface area (Å²) in [5.41, 5.74) is 7.80. The van der Waals surface area contributed by atoms with Crippen molar-refractivity contribution in [2.24, 2.45) is 11.1 Å². The molecule has 1 amide bonds. The molecule has 1 aliphatic rings. The molecule has 27 heavy (non-hydrogen) atoms. The highest BCUT2D eigenvalue weighted by Crippen LogP contribution is 2.48. The van der Waals surface area contributed by atoms with Crippen LogP contribution in [0.2, 0.25) is 0 Å². The highest BCUT2D eigenvalue weighted by molar-refractivity contribution is 5.68. The summed E-state index contributed by atoms with van der Waals surface area (Å²) in [6, 6.07) is 7.98. The minimum atomic E-state index is -0.824. The minimum absolute atomic E-state index is 0.318. The Hall–Kier alpha value is -2.63. The van der Waals surface area contributed by atoms with Crippen molar-refractivity contribution >= 4 is 6.09 Å². The fourth-order valence-electron chi connectivity index (χ4n) is 3.61. The summed E-state index contributed by atoms with van der Waals surface area (Å²) in [5.74, 6) is -1.85. The Morgan fingerprint density at radius 3 is 2.33 bits per heavy atom. The lowest BCUT2D eigenvalue weighted by atomic mass is 9.87. The highest BCUT2D eigenvalue weighted by Gasteiger charge is 2.41. The Morgan fingerprint density at radius 1 is 1.15 bits per heavy atom. The molecule has 0 aromatic heterocycles. The molecule has 2 aromatic carbocycles. The van der Waals surface area contributed by atoms with Crippen LogP contribution >= 0.6 is 0 Å². The van der Waals surface area contributed by atoms with Gasteiger partial charge in [-0.1, -0.05) is 32.0 Å². The second-order valence-corrected chi connectivity index (χ2v) is 7.83. The van der Waals surface area contributed by atoms with E-state index >= 15 is 0 Å².